The fourth-order valence-corrected chi connectivity index (χ4v) is 1.86. The molecule has 2 aromatic rings. The number of aromatic nitrogens is 1. The van der Waals surface area contributed by atoms with Gasteiger partial charge in [0.25, 0.3) is 5.91 Å². The average Bonchev–Trinajstić information content (AvgIpc) is 2.46. The van der Waals surface area contributed by atoms with E-state index in [1.165, 1.54) is 0 Å². The van der Waals surface area contributed by atoms with E-state index in [-0.39, 0.29) is 5.91 Å². The predicted octanol–water partition coefficient (Wildman–Crippen LogP) is 3.01. The van der Waals surface area contributed by atoms with Gasteiger partial charge in [0.1, 0.15) is 5.75 Å². The molecule has 2 rings (SSSR count). The first-order chi connectivity index (χ1) is 10.1. The Balaban J connectivity index is 2.11. The largest absolute Gasteiger partial charge is 0.491 e. The first kappa shape index (κ1) is 14.8. The number of benzene rings is 1. The molecule has 0 aliphatic carbocycles. The van der Waals surface area contributed by atoms with E-state index < -0.39 is 0 Å². The minimum atomic E-state index is -0.214. The Labute approximate surface area is 124 Å². The summed E-state index contributed by atoms with van der Waals surface area (Å²) in [5.41, 5.74) is 8.40. The number of ether oxygens (including phenoxy) is 1. The Bertz CT molecular complexity index is 641. The van der Waals surface area contributed by atoms with Crippen molar-refractivity contribution in [2.45, 2.75) is 20.3 Å². The van der Waals surface area contributed by atoms with Crippen molar-refractivity contribution in [2.24, 2.45) is 0 Å². The molecule has 3 N–H and O–H groups in total. The lowest BCUT2D eigenvalue weighted by Gasteiger charge is -2.10. The van der Waals surface area contributed by atoms with Gasteiger partial charge in [0.15, 0.2) is 0 Å². The number of nitrogens with two attached hydrogens (primary N) is 1. The third kappa shape index (κ3) is 3.95. The fraction of sp³-hybridized carbons (Fsp3) is 0.250. The smallest absolute Gasteiger partial charge is 0.255 e. The number of carbonyl (C=O) groups excluding carboxylic acids is 1. The minimum Gasteiger partial charge on any atom is -0.491 e. The molecule has 1 heterocycles. The quantitative estimate of drug-likeness (QED) is 0.828. The molecule has 1 aromatic carbocycles. The summed E-state index contributed by atoms with van der Waals surface area (Å²) < 4.78 is 5.49. The maximum Gasteiger partial charge on any atom is 0.255 e. The molecule has 0 atom stereocenters. The summed E-state index contributed by atoms with van der Waals surface area (Å²) >= 11 is 0. The molecular formula is C16H19N3O2. The highest BCUT2D eigenvalue weighted by Gasteiger charge is 2.09. The number of anilines is 2. The third-order valence-electron chi connectivity index (χ3n) is 2.89. The number of rotatable bonds is 5. The number of nitrogens with zero attached hydrogens (tertiary/aromatic N) is 1. The van der Waals surface area contributed by atoms with Crippen molar-refractivity contribution >= 4 is 17.3 Å². The van der Waals surface area contributed by atoms with Crippen molar-refractivity contribution in [2.75, 3.05) is 17.7 Å². The van der Waals surface area contributed by atoms with Crippen LogP contribution in [0.25, 0.3) is 0 Å². The van der Waals surface area contributed by atoms with Gasteiger partial charge in [-0.3, -0.25) is 9.78 Å². The van der Waals surface area contributed by atoms with Crippen molar-refractivity contribution < 1.29 is 9.53 Å². The summed E-state index contributed by atoms with van der Waals surface area (Å²) in [6.45, 7) is 4.49. The number of carbonyl (C=O) groups is 1. The molecule has 0 unspecified atom stereocenters. The topological polar surface area (TPSA) is 77.2 Å². The summed E-state index contributed by atoms with van der Waals surface area (Å²) in [7, 11) is 0. The Morgan fingerprint density at radius 1 is 1.33 bits per heavy atom. The van der Waals surface area contributed by atoms with E-state index in [1.807, 2.05) is 13.8 Å². The minimum absolute atomic E-state index is 0.214. The van der Waals surface area contributed by atoms with Crippen molar-refractivity contribution in [3.8, 4) is 5.75 Å². The van der Waals surface area contributed by atoms with Crippen LogP contribution in [0, 0.1) is 6.92 Å². The van der Waals surface area contributed by atoms with E-state index in [0.717, 1.165) is 12.1 Å². The number of aryl methyl sites for hydroxylation is 1. The lowest BCUT2D eigenvalue weighted by Crippen LogP contribution is -2.12. The Morgan fingerprint density at radius 3 is 2.81 bits per heavy atom. The fourth-order valence-electron chi connectivity index (χ4n) is 1.86. The second-order valence-electron chi connectivity index (χ2n) is 4.74. The van der Waals surface area contributed by atoms with Gasteiger partial charge in [-0.1, -0.05) is 6.92 Å². The Morgan fingerprint density at radius 2 is 2.14 bits per heavy atom. The maximum atomic E-state index is 12.2. The van der Waals surface area contributed by atoms with Gasteiger partial charge in [-0.05, 0) is 43.7 Å². The van der Waals surface area contributed by atoms with E-state index in [2.05, 4.69) is 10.3 Å². The molecule has 5 nitrogen and oxygen atoms in total. The predicted molar refractivity (Wildman–Crippen MR) is 83.6 cm³/mol. The highest BCUT2D eigenvalue weighted by molar-refractivity contribution is 6.05. The second kappa shape index (κ2) is 6.74. The lowest BCUT2D eigenvalue weighted by atomic mass is 10.1. The summed E-state index contributed by atoms with van der Waals surface area (Å²) in [6.07, 6.45) is 2.56. The summed E-state index contributed by atoms with van der Waals surface area (Å²) in [4.78, 5) is 16.3. The molecule has 0 saturated carbocycles. The molecule has 0 aliphatic rings. The molecule has 1 aromatic heterocycles. The molecule has 21 heavy (non-hydrogen) atoms. The van der Waals surface area contributed by atoms with E-state index in [0.29, 0.717) is 29.3 Å². The zero-order valence-corrected chi connectivity index (χ0v) is 12.2. The maximum absolute atomic E-state index is 12.2. The van der Waals surface area contributed by atoms with E-state index in [1.54, 1.807) is 36.5 Å². The molecule has 110 valence electrons. The summed E-state index contributed by atoms with van der Waals surface area (Å²) in [5, 5.41) is 2.81. The summed E-state index contributed by atoms with van der Waals surface area (Å²) in [5.74, 6) is 0.391. The molecule has 0 saturated heterocycles. The third-order valence-corrected chi connectivity index (χ3v) is 2.89. The van der Waals surface area contributed by atoms with E-state index >= 15 is 0 Å². The first-order valence-electron chi connectivity index (χ1n) is 6.86. The highest BCUT2D eigenvalue weighted by atomic mass is 16.5. The SMILES string of the molecule is CCCOc1ccc(C(=O)Nc2ccnc(C)c2)cc1N. The molecule has 0 spiro atoms. The molecule has 0 aliphatic heterocycles. The van der Waals surface area contributed by atoms with Crippen molar-refractivity contribution in [1.82, 2.24) is 4.98 Å². The number of hydrogen-bond donors (Lipinski definition) is 2. The molecular weight excluding hydrogens is 266 g/mol. The second-order valence-corrected chi connectivity index (χ2v) is 4.74. The van der Waals surface area contributed by atoms with Crippen LogP contribution in [0.1, 0.15) is 29.4 Å². The number of hydrogen-bond acceptors (Lipinski definition) is 4. The highest BCUT2D eigenvalue weighted by Crippen LogP contribution is 2.23. The van der Waals surface area contributed by atoms with Gasteiger partial charge >= 0.3 is 0 Å². The zero-order valence-electron chi connectivity index (χ0n) is 12.2. The van der Waals surface area contributed by atoms with Crippen LogP contribution >= 0.6 is 0 Å². The molecule has 1 amide bonds. The average molecular weight is 285 g/mol. The van der Waals surface area contributed by atoms with Gasteiger partial charge in [-0.25, -0.2) is 0 Å². The number of nitrogen functional groups attached to an aromatic ring is 1. The first-order valence-corrected chi connectivity index (χ1v) is 6.86. The van der Waals surface area contributed by atoms with Crippen LogP contribution in [0.3, 0.4) is 0 Å². The Kier molecular flexibility index (Phi) is 4.77. The number of pyridine rings is 1. The van der Waals surface area contributed by atoms with Crippen molar-refractivity contribution in [1.29, 1.82) is 0 Å². The van der Waals surface area contributed by atoms with Gasteiger partial charge < -0.3 is 15.8 Å². The standard InChI is InChI=1S/C16H19N3O2/c1-3-8-21-15-5-4-12(10-14(15)17)16(20)19-13-6-7-18-11(2)9-13/h4-7,9-10H,3,8,17H2,1-2H3,(H,18,19,20). The summed E-state index contributed by atoms with van der Waals surface area (Å²) in [6, 6.07) is 8.59. The van der Waals surface area contributed by atoms with Crippen LogP contribution in [0.4, 0.5) is 11.4 Å². The lowest BCUT2D eigenvalue weighted by molar-refractivity contribution is 0.102. The molecule has 0 fully saturated rings. The van der Waals surface area contributed by atoms with Gasteiger partial charge in [0.05, 0.1) is 12.3 Å². The van der Waals surface area contributed by atoms with Crippen LogP contribution in [-0.4, -0.2) is 17.5 Å². The Hall–Kier alpha value is -2.56. The van der Waals surface area contributed by atoms with Gasteiger partial charge in [-0.2, -0.15) is 0 Å². The zero-order chi connectivity index (χ0) is 15.2. The monoisotopic (exact) mass is 285 g/mol. The van der Waals surface area contributed by atoms with Crippen LogP contribution in [0.2, 0.25) is 0 Å². The van der Waals surface area contributed by atoms with Crippen LogP contribution < -0.4 is 15.8 Å². The number of nitrogens with one attached hydrogen (secondary N) is 1. The molecule has 0 bridgehead atoms. The molecule has 5 heteroatoms. The van der Waals surface area contributed by atoms with Crippen molar-refractivity contribution in [3.63, 3.8) is 0 Å². The van der Waals surface area contributed by atoms with Crippen molar-refractivity contribution in [3.05, 3.63) is 47.8 Å². The van der Waals surface area contributed by atoms with Crippen LogP contribution in [-0.2, 0) is 0 Å². The number of amides is 1. The molecule has 0 radical (unpaired) electrons. The normalized spacial score (nSPS) is 10.2. The van der Waals surface area contributed by atoms with Crippen LogP contribution in [0.5, 0.6) is 5.75 Å². The van der Waals surface area contributed by atoms with Gasteiger partial charge in [0.2, 0.25) is 0 Å². The van der Waals surface area contributed by atoms with Gasteiger partial charge in [-0.15, -0.1) is 0 Å². The van der Waals surface area contributed by atoms with E-state index in [9.17, 15) is 4.79 Å². The van der Waals surface area contributed by atoms with E-state index in [4.69, 9.17) is 10.5 Å². The van der Waals surface area contributed by atoms with Crippen LogP contribution in [0.15, 0.2) is 36.5 Å². The van der Waals surface area contributed by atoms with Gasteiger partial charge in [0, 0.05) is 23.1 Å².